The van der Waals surface area contributed by atoms with Gasteiger partial charge in [-0.3, -0.25) is 0 Å². The molecule has 132 valence electrons. The van der Waals surface area contributed by atoms with E-state index in [2.05, 4.69) is 29.7 Å². The number of hydrogen-bond donors (Lipinski definition) is 0. The third-order valence-electron chi connectivity index (χ3n) is 4.90. The van der Waals surface area contributed by atoms with Crippen molar-refractivity contribution < 1.29 is 4.74 Å². The molecule has 2 heterocycles. The summed E-state index contributed by atoms with van der Waals surface area (Å²) in [6.45, 7) is 3.42. The second-order valence-electron chi connectivity index (χ2n) is 6.67. The van der Waals surface area contributed by atoms with E-state index >= 15 is 0 Å². The second kappa shape index (κ2) is 6.40. The van der Waals surface area contributed by atoms with Gasteiger partial charge in [-0.05, 0) is 36.8 Å². The standard InChI is InChI=1S/C23H19N3O/c1-16-8-7-11-18-21-23(25-20-13-6-5-12-19(20)24-21)26(22(16)18)14-15-27-17-9-3-2-4-10-17/h2-13H,14-15H2,1H3. The van der Waals surface area contributed by atoms with Crippen LogP contribution < -0.4 is 4.74 Å². The number of benzene rings is 3. The third kappa shape index (κ3) is 2.70. The third-order valence-corrected chi connectivity index (χ3v) is 4.90. The lowest BCUT2D eigenvalue weighted by Crippen LogP contribution is -2.09. The first-order valence-electron chi connectivity index (χ1n) is 9.13. The van der Waals surface area contributed by atoms with Crippen LogP contribution in [0.4, 0.5) is 0 Å². The van der Waals surface area contributed by atoms with E-state index in [9.17, 15) is 0 Å². The monoisotopic (exact) mass is 353 g/mol. The zero-order chi connectivity index (χ0) is 18.2. The Balaban J connectivity index is 1.65. The van der Waals surface area contributed by atoms with Crippen LogP contribution >= 0.6 is 0 Å². The average molecular weight is 353 g/mol. The lowest BCUT2D eigenvalue weighted by atomic mass is 10.1. The normalized spacial score (nSPS) is 11.4. The van der Waals surface area contributed by atoms with Gasteiger partial charge < -0.3 is 9.30 Å². The highest BCUT2D eigenvalue weighted by molar-refractivity contribution is 6.07. The van der Waals surface area contributed by atoms with Gasteiger partial charge in [-0.15, -0.1) is 0 Å². The molecule has 4 heteroatoms. The fourth-order valence-corrected chi connectivity index (χ4v) is 3.66. The molecular formula is C23H19N3O. The Bertz CT molecular complexity index is 1260. The summed E-state index contributed by atoms with van der Waals surface area (Å²) >= 11 is 0. The van der Waals surface area contributed by atoms with Gasteiger partial charge in [-0.2, -0.15) is 0 Å². The number of aryl methyl sites for hydroxylation is 1. The summed E-state index contributed by atoms with van der Waals surface area (Å²) in [4.78, 5) is 9.84. The van der Waals surface area contributed by atoms with Crippen LogP contribution in [-0.4, -0.2) is 21.1 Å². The molecule has 0 saturated heterocycles. The summed E-state index contributed by atoms with van der Waals surface area (Å²) in [7, 11) is 0. The lowest BCUT2D eigenvalue weighted by molar-refractivity contribution is 0.302. The molecule has 0 amide bonds. The van der Waals surface area contributed by atoms with Gasteiger partial charge in [-0.25, -0.2) is 9.97 Å². The minimum atomic E-state index is 0.575. The van der Waals surface area contributed by atoms with Crippen molar-refractivity contribution >= 4 is 33.1 Å². The molecule has 4 nitrogen and oxygen atoms in total. The molecule has 0 aliphatic rings. The van der Waals surface area contributed by atoms with Gasteiger partial charge in [0, 0.05) is 5.39 Å². The highest BCUT2D eigenvalue weighted by atomic mass is 16.5. The summed E-state index contributed by atoms with van der Waals surface area (Å²) < 4.78 is 8.17. The summed E-state index contributed by atoms with van der Waals surface area (Å²) in [5, 5.41) is 1.14. The number of fused-ring (bicyclic) bond motifs is 4. The van der Waals surface area contributed by atoms with Crippen LogP contribution in [-0.2, 0) is 6.54 Å². The van der Waals surface area contributed by atoms with Crippen molar-refractivity contribution in [3.63, 3.8) is 0 Å². The number of hydrogen-bond acceptors (Lipinski definition) is 3. The number of aromatic nitrogens is 3. The molecule has 3 aromatic carbocycles. The van der Waals surface area contributed by atoms with Gasteiger partial charge in [-0.1, -0.05) is 48.5 Å². The zero-order valence-electron chi connectivity index (χ0n) is 15.1. The van der Waals surface area contributed by atoms with Gasteiger partial charge >= 0.3 is 0 Å². The molecule has 0 atom stereocenters. The fourth-order valence-electron chi connectivity index (χ4n) is 3.66. The van der Waals surface area contributed by atoms with E-state index in [1.165, 1.54) is 11.1 Å². The first-order valence-corrected chi connectivity index (χ1v) is 9.13. The van der Waals surface area contributed by atoms with E-state index < -0.39 is 0 Å². The molecule has 5 aromatic rings. The van der Waals surface area contributed by atoms with E-state index in [4.69, 9.17) is 14.7 Å². The predicted octanol–water partition coefficient (Wildman–Crippen LogP) is 5.13. The highest BCUT2D eigenvalue weighted by Crippen LogP contribution is 2.30. The van der Waals surface area contributed by atoms with Crippen molar-refractivity contribution in [3.8, 4) is 5.75 Å². The van der Waals surface area contributed by atoms with Crippen LogP contribution in [0.5, 0.6) is 5.75 Å². The van der Waals surface area contributed by atoms with E-state index in [0.29, 0.717) is 13.2 Å². The van der Waals surface area contributed by atoms with Gasteiger partial charge in [0.1, 0.15) is 17.9 Å². The van der Waals surface area contributed by atoms with Crippen LogP contribution in [0.15, 0.2) is 72.8 Å². The van der Waals surface area contributed by atoms with Crippen molar-refractivity contribution in [2.45, 2.75) is 13.5 Å². The van der Waals surface area contributed by atoms with Crippen LogP contribution in [0.1, 0.15) is 5.56 Å². The van der Waals surface area contributed by atoms with Gasteiger partial charge in [0.2, 0.25) is 0 Å². The van der Waals surface area contributed by atoms with Crippen LogP contribution in [0, 0.1) is 6.92 Å². The quantitative estimate of drug-likeness (QED) is 0.450. The Hall–Kier alpha value is -3.40. The van der Waals surface area contributed by atoms with Crippen LogP contribution in [0.2, 0.25) is 0 Å². The predicted molar refractivity (Wildman–Crippen MR) is 109 cm³/mol. The van der Waals surface area contributed by atoms with E-state index in [0.717, 1.165) is 33.3 Å². The average Bonchev–Trinajstić information content (AvgIpc) is 3.01. The molecular weight excluding hydrogens is 334 g/mol. The minimum Gasteiger partial charge on any atom is -0.492 e. The number of rotatable bonds is 4. The Morgan fingerprint density at radius 2 is 1.56 bits per heavy atom. The summed E-state index contributed by atoms with van der Waals surface area (Å²) in [5.74, 6) is 0.881. The molecule has 0 aliphatic carbocycles. The summed E-state index contributed by atoms with van der Waals surface area (Å²) in [6, 6.07) is 24.3. The molecule has 0 fully saturated rings. The van der Waals surface area contributed by atoms with E-state index in [1.807, 2.05) is 54.6 Å². The molecule has 0 radical (unpaired) electrons. The zero-order valence-corrected chi connectivity index (χ0v) is 15.1. The molecule has 27 heavy (non-hydrogen) atoms. The molecule has 0 spiro atoms. The van der Waals surface area contributed by atoms with Gasteiger partial charge in [0.25, 0.3) is 0 Å². The Kier molecular flexibility index (Phi) is 3.75. The number of para-hydroxylation sites is 4. The van der Waals surface area contributed by atoms with Crippen molar-refractivity contribution in [3.05, 3.63) is 78.4 Å². The maximum absolute atomic E-state index is 5.94. The van der Waals surface area contributed by atoms with Crippen LogP contribution in [0.3, 0.4) is 0 Å². The Morgan fingerprint density at radius 3 is 2.37 bits per heavy atom. The molecule has 0 aliphatic heterocycles. The molecule has 0 bridgehead atoms. The molecule has 0 saturated carbocycles. The largest absolute Gasteiger partial charge is 0.492 e. The van der Waals surface area contributed by atoms with E-state index in [1.54, 1.807) is 0 Å². The van der Waals surface area contributed by atoms with Gasteiger partial charge in [0.05, 0.1) is 23.1 Å². The molecule has 0 N–H and O–H groups in total. The number of nitrogens with zero attached hydrogens (tertiary/aromatic N) is 3. The van der Waals surface area contributed by atoms with Crippen molar-refractivity contribution in [1.29, 1.82) is 0 Å². The Labute approximate surface area is 157 Å². The molecule has 5 rings (SSSR count). The first-order chi connectivity index (χ1) is 13.3. The maximum atomic E-state index is 5.94. The van der Waals surface area contributed by atoms with Gasteiger partial charge in [0.15, 0.2) is 5.65 Å². The second-order valence-corrected chi connectivity index (χ2v) is 6.67. The first kappa shape index (κ1) is 15.8. The van der Waals surface area contributed by atoms with E-state index in [-0.39, 0.29) is 0 Å². The molecule has 0 unspecified atom stereocenters. The number of ether oxygens (including phenoxy) is 1. The Morgan fingerprint density at radius 1 is 0.815 bits per heavy atom. The van der Waals surface area contributed by atoms with Crippen molar-refractivity contribution in [2.75, 3.05) is 6.61 Å². The SMILES string of the molecule is Cc1cccc2c3nc4ccccc4nc3n(CCOc3ccccc3)c12. The smallest absolute Gasteiger partial charge is 0.160 e. The lowest BCUT2D eigenvalue weighted by Gasteiger charge is -2.10. The minimum absolute atomic E-state index is 0.575. The molecule has 2 aromatic heterocycles. The maximum Gasteiger partial charge on any atom is 0.160 e. The summed E-state index contributed by atoms with van der Waals surface area (Å²) in [6.07, 6.45) is 0. The van der Waals surface area contributed by atoms with Crippen molar-refractivity contribution in [2.24, 2.45) is 0 Å². The highest BCUT2D eigenvalue weighted by Gasteiger charge is 2.15. The van der Waals surface area contributed by atoms with Crippen LogP contribution in [0.25, 0.3) is 33.1 Å². The fraction of sp³-hybridized carbons (Fsp3) is 0.130. The topological polar surface area (TPSA) is 39.9 Å². The van der Waals surface area contributed by atoms with Crippen molar-refractivity contribution in [1.82, 2.24) is 14.5 Å². The summed E-state index contributed by atoms with van der Waals surface area (Å²) in [5.41, 5.74) is 6.10.